The first-order chi connectivity index (χ1) is 14.4. The number of aromatic nitrogens is 2. The Kier molecular flexibility index (Phi) is 6.59. The lowest BCUT2D eigenvalue weighted by atomic mass is 10.2. The van der Waals surface area contributed by atoms with Crippen LogP contribution in [0.1, 0.15) is 16.8 Å². The summed E-state index contributed by atoms with van der Waals surface area (Å²) in [5.74, 6) is -0.328. The number of amides is 3. The van der Waals surface area contributed by atoms with Gasteiger partial charge in [-0.05, 0) is 55.3 Å². The molecule has 0 aliphatic rings. The van der Waals surface area contributed by atoms with E-state index in [1.54, 1.807) is 31.2 Å². The molecule has 0 bridgehead atoms. The summed E-state index contributed by atoms with van der Waals surface area (Å²) < 4.78 is 1.12. The second-order valence-electron chi connectivity index (χ2n) is 6.90. The van der Waals surface area contributed by atoms with Crippen LogP contribution in [0.5, 0.6) is 0 Å². The van der Waals surface area contributed by atoms with Gasteiger partial charge in [-0.15, -0.1) is 0 Å². The highest BCUT2D eigenvalue weighted by atomic mass is 16.2. The van der Waals surface area contributed by atoms with E-state index in [0.29, 0.717) is 17.1 Å². The second kappa shape index (κ2) is 9.51. The van der Waals surface area contributed by atoms with Gasteiger partial charge in [-0.25, -0.2) is 9.48 Å². The van der Waals surface area contributed by atoms with Gasteiger partial charge in [-0.1, -0.05) is 24.3 Å². The Morgan fingerprint density at radius 2 is 1.63 bits per heavy atom. The molecule has 0 unspecified atom stereocenters. The minimum atomic E-state index is -0.355. The monoisotopic (exact) mass is 405 g/mol. The highest BCUT2D eigenvalue weighted by Gasteiger charge is 2.07. The minimum Gasteiger partial charge on any atom is -0.350 e. The predicted molar refractivity (Wildman–Crippen MR) is 115 cm³/mol. The maximum absolute atomic E-state index is 12.2. The van der Waals surface area contributed by atoms with Crippen LogP contribution < -0.4 is 21.5 Å². The lowest BCUT2D eigenvalue weighted by Crippen LogP contribution is -2.33. The molecule has 0 fully saturated rings. The van der Waals surface area contributed by atoms with Crippen LogP contribution in [-0.2, 0) is 17.9 Å². The Labute approximate surface area is 173 Å². The number of anilines is 2. The number of nitrogens with zero attached hydrogens (tertiary/aromatic N) is 2. The molecule has 0 radical (unpaired) electrons. The Morgan fingerprint density at radius 3 is 2.37 bits per heavy atom. The lowest BCUT2D eigenvalue weighted by molar-refractivity contribution is -0.122. The molecule has 0 atom stereocenters. The summed E-state index contributed by atoms with van der Waals surface area (Å²) in [6.45, 7) is 3.81. The first kappa shape index (κ1) is 20.8. The molecule has 1 aromatic heterocycles. The average Bonchev–Trinajstić information content (AvgIpc) is 2.69. The van der Waals surface area contributed by atoms with Gasteiger partial charge >= 0.3 is 6.03 Å². The molecule has 154 valence electrons. The first-order valence-electron chi connectivity index (χ1n) is 9.44. The largest absolute Gasteiger partial charge is 0.350 e. The number of benzene rings is 2. The zero-order valence-electron chi connectivity index (χ0n) is 16.8. The predicted octanol–water partition coefficient (Wildman–Crippen LogP) is 2.82. The number of carbonyl (C=O) groups is 2. The molecule has 0 spiro atoms. The van der Waals surface area contributed by atoms with E-state index < -0.39 is 0 Å². The summed E-state index contributed by atoms with van der Waals surface area (Å²) in [7, 11) is 0. The van der Waals surface area contributed by atoms with E-state index >= 15 is 0 Å². The molecule has 3 rings (SSSR count). The molecule has 2 aromatic carbocycles. The van der Waals surface area contributed by atoms with Gasteiger partial charge in [0.15, 0.2) is 0 Å². The summed E-state index contributed by atoms with van der Waals surface area (Å²) >= 11 is 0. The minimum absolute atomic E-state index is 0.155. The van der Waals surface area contributed by atoms with Gasteiger partial charge in [0.1, 0.15) is 6.54 Å². The quantitative estimate of drug-likeness (QED) is 0.586. The van der Waals surface area contributed by atoms with Crippen molar-refractivity contribution in [1.29, 1.82) is 0 Å². The van der Waals surface area contributed by atoms with Gasteiger partial charge in [0.25, 0.3) is 5.56 Å². The highest BCUT2D eigenvalue weighted by molar-refractivity contribution is 5.99. The maximum atomic E-state index is 12.2. The Bertz CT molecular complexity index is 1120. The lowest BCUT2D eigenvalue weighted by Gasteiger charge is -2.10. The summed E-state index contributed by atoms with van der Waals surface area (Å²) in [6, 6.07) is 17.3. The molecule has 3 N–H and O–H groups in total. The van der Waals surface area contributed by atoms with Gasteiger partial charge in [-0.2, -0.15) is 5.10 Å². The van der Waals surface area contributed by atoms with Gasteiger partial charge in [0.2, 0.25) is 5.91 Å². The van der Waals surface area contributed by atoms with Crippen molar-refractivity contribution in [2.24, 2.45) is 0 Å². The van der Waals surface area contributed by atoms with Crippen LogP contribution in [0, 0.1) is 13.8 Å². The van der Waals surface area contributed by atoms with Crippen LogP contribution in [0.15, 0.2) is 65.5 Å². The normalized spacial score (nSPS) is 10.3. The SMILES string of the molecule is Cc1cccc(NC(=O)Nc2cccc(CNC(=O)Cn3nc(C)ccc3=O)c2)c1. The van der Waals surface area contributed by atoms with Crippen molar-refractivity contribution >= 4 is 23.3 Å². The molecule has 0 saturated carbocycles. The molecular formula is C22H23N5O3. The molecule has 0 aliphatic heterocycles. The zero-order valence-corrected chi connectivity index (χ0v) is 16.8. The van der Waals surface area contributed by atoms with Gasteiger partial charge in [-0.3, -0.25) is 9.59 Å². The van der Waals surface area contributed by atoms with E-state index in [4.69, 9.17) is 0 Å². The molecule has 8 heteroatoms. The molecular weight excluding hydrogens is 382 g/mol. The fraction of sp³-hybridized carbons (Fsp3) is 0.182. The Hall–Kier alpha value is -3.94. The van der Waals surface area contributed by atoms with Crippen LogP contribution in [0.2, 0.25) is 0 Å². The van der Waals surface area contributed by atoms with E-state index in [9.17, 15) is 14.4 Å². The number of urea groups is 1. The summed E-state index contributed by atoms with van der Waals surface area (Å²) in [4.78, 5) is 36.1. The number of hydrogen-bond donors (Lipinski definition) is 3. The zero-order chi connectivity index (χ0) is 21.5. The molecule has 3 aromatic rings. The van der Waals surface area contributed by atoms with E-state index in [0.717, 1.165) is 15.8 Å². The van der Waals surface area contributed by atoms with Crippen LogP contribution in [0.3, 0.4) is 0 Å². The standard InChI is InChI=1S/C22H23N5O3/c1-15-5-3-7-18(11-15)24-22(30)25-19-8-4-6-17(12-19)13-23-20(28)14-27-21(29)10-9-16(2)26-27/h3-12H,13-14H2,1-2H3,(H,23,28)(H2,24,25,30). The van der Waals surface area contributed by atoms with Crippen LogP contribution in [0.25, 0.3) is 0 Å². The summed E-state index contributed by atoms with van der Waals surface area (Å²) in [6.07, 6.45) is 0. The topological polar surface area (TPSA) is 105 Å². The first-order valence-corrected chi connectivity index (χ1v) is 9.44. The molecule has 8 nitrogen and oxygen atoms in total. The highest BCUT2D eigenvalue weighted by Crippen LogP contribution is 2.13. The summed E-state index contributed by atoms with van der Waals surface area (Å²) in [5, 5.41) is 12.3. The Morgan fingerprint density at radius 1 is 0.933 bits per heavy atom. The van der Waals surface area contributed by atoms with Crippen molar-refractivity contribution in [3.05, 3.63) is 87.8 Å². The van der Waals surface area contributed by atoms with Crippen LogP contribution in [0.4, 0.5) is 16.2 Å². The number of aryl methyl sites for hydroxylation is 2. The van der Waals surface area contributed by atoms with Crippen molar-refractivity contribution < 1.29 is 9.59 Å². The molecule has 1 heterocycles. The van der Waals surface area contributed by atoms with Crippen molar-refractivity contribution in [1.82, 2.24) is 15.1 Å². The number of nitrogens with one attached hydrogen (secondary N) is 3. The third-order valence-electron chi connectivity index (χ3n) is 4.24. The van der Waals surface area contributed by atoms with Crippen molar-refractivity contribution in [3.8, 4) is 0 Å². The third kappa shape index (κ3) is 6.03. The van der Waals surface area contributed by atoms with Crippen molar-refractivity contribution in [3.63, 3.8) is 0 Å². The number of carbonyl (C=O) groups excluding carboxylic acids is 2. The fourth-order valence-corrected chi connectivity index (χ4v) is 2.83. The van der Waals surface area contributed by atoms with Crippen molar-refractivity contribution in [2.45, 2.75) is 26.9 Å². The van der Waals surface area contributed by atoms with E-state index in [1.807, 2.05) is 37.3 Å². The van der Waals surface area contributed by atoms with E-state index in [2.05, 4.69) is 21.0 Å². The fourth-order valence-electron chi connectivity index (χ4n) is 2.83. The van der Waals surface area contributed by atoms with E-state index in [-0.39, 0.29) is 30.6 Å². The van der Waals surface area contributed by atoms with Gasteiger partial charge in [0, 0.05) is 24.0 Å². The third-order valence-corrected chi connectivity index (χ3v) is 4.24. The van der Waals surface area contributed by atoms with Gasteiger partial charge in [0.05, 0.1) is 5.69 Å². The molecule has 0 saturated heterocycles. The molecule has 30 heavy (non-hydrogen) atoms. The van der Waals surface area contributed by atoms with Crippen LogP contribution in [-0.4, -0.2) is 21.7 Å². The van der Waals surface area contributed by atoms with E-state index in [1.165, 1.54) is 6.07 Å². The summed E-state index contributed by atoms with van der Waals surface area (Å²) in [5.41, 5.74) is 3.49. The van der Waals surface area contributed by atoms with Crippen molar-refractivity contribution in [2.75, 3.05) is 10.6 Å². The van der Waals surface area contributed by atoms with Gasteiger partial charge < -0.3 is 16.0 Å². The average molecular weight is 405 g/mol. The number of hydrogen-bond acceptors (Lipinski definition) is 4. The number of rotatable bonds is 6. The smallest absolute Gasteiger partial charge is 0.323 e. The molecule has 3 amide bonds. The Balaban J connectivity index is 1.54. The second-order valence-corrected chi connectivity index (χ2v) is 6.90. The maximum Gasteiger partial charge on any atom is 0.323 e. The molecule has 0 aliphatic carbocycles. The van der Waals surface area contributed by atoms with Crippen LogP contribution >= 0.6 is 0 Å².